The van der Waals surface area contributed by atoms with Crippen LogP contribution in [0.5, 0.6) is 0 Å². The van der Waals surface area contributed by atoms with E-state index in [0.717, 1.165) is 29.6 Å². The Morgan fingerprint density at radius 1 is 1.22 bits per heavy atom. The Kier molecular flexibility index (Phi) is 4.99. The topological polar surface area (TPSA) is 75.0 Å². The molecule has 0 radical (unpaired) electrons. The molecule has 0 spiro atoms. The van der Waals surface area contributed by atoms with Crippen molar-refractivity contribution in [3.05, 3.63) is 46.2 Å². The number of para-hydroxylation sites is 1. The molecule has 0 unspecified atom stereocenters. The van der Waals surface area contributed by atoms with Crippen LogP contribution in [-0.2, 0) is 16.1 Å². The molecule has 7 heteroatoms. The summed E-state index contributed by atoms with van der Waals surface area (Å²) in [6.07, 6.45) is -0.571. The Bertz CT molecular complexity index is 904. The maximum atomic E-state index is 12.9. The number of aryl methyl sites for hydroxylation is 1. The summed E-state index contributed by atoms with van der Waals surface area (Å²) in [7, 11) is 0. The number of ether oxygens (including phenoxy) is 1. The van der Waals surface area contributed by atoms with E-state index in [1.807, 2.05) is 31.2 Å². The van der Waals surface area contributed by atoms with Crippen LogP contribution in [0.2, 0.25) is 0 Å². The third-order valence-corrected chi connectivity index (χ3v) is 5.65. The summed E-state index contributed by atoms with van der Waals surface area (Å²) in [5.41, 5.74) is 1.49. The molecular formula is C20H25N3O4. The van der Waals surface area contributed by atoms with E-state index in [9.17, 15) is 14.7 Å². The van der Waals surface area contributed by atoms with Crippen molar-refractivity contribution >= 4 is 16.8 Å². The number of pyridine rings is 1. The quantitative estimate of drug-likeness (QED) is 0.835. The van der Waals surface area contributed by atoms with Gasteiger partial charge in [0.05, 0.1) is 30.9 Å². The number of aliphatic hydroxyl groups is 1. The number of hydrogen-bond donors (Lipinski definition) is 1. The standard InChI is InChI=1S/C20H25N3O4/c1-14-10-19(25)23(16-5-3-2-4-15(14)16)13-20(26)22-11-17(18(24)12-22)21-6-8-27-9-7-21/h2-5,10,17-18,24H,6-9,11-13H2,1H3/t17-,18-/m0/s1. The van der Waals surface area contributed by atoms with Crippen molar-refractivity contribution in [2.75, 3.05) is 39.4 Å². The average Bonchev–Trinajstić information content (AvgIpc) is 3.07. The maximum Gasteiger partial charge on any atom is 0.251 e. The summed E-state index contributed by atoms with van der Waals surface area (Å²) in [4.78, 5) is 29.2. The van der Waals surface area contributed by atoms with Crippen LogP contribution in [0.4, 0.5) is 0 Å². The minimum Gasteiger partial charge on any atom is -0.390 e. The summed E-state index contributed by atoms with van der Waals surface area (Å²) in [6, 6.07) is 9.13. The first kappa shape index (κ1) is 18.2. The highest BCUT2D eigenvalue weighted by Gasteiger charge is 2.38. The molecule has 2 aliphatic rings. The van der Waals surface area contributed by atoms with E-state index in [1.165, 1.54) is 4.57 Å². The number of likely N-dealkylation sites (tertiary alicyclic amines) is 1. The first-order valence-electron chi connectivity index (χ1n) is 9.41. The van der Waals surface area contributed by atoms with Gasteiger partial charge in [-0.1, -0.05) is 18.2 Å². The lowest BCUT2D eigenvalue weighted by atomic mass is 10.1. The van der Waals surface area contributed by atoms with Gasteiger partial charge in [-0.15, -0.1) is 0 Å². The number of aliphatic hydroxyl groups excluding tert-OH is 1. The number of morpholine rings is 1. The number of carbonyl (C=O) groups is 1. The third kappa shape index (κ3) is 3.50. The van der Waals surface area contributed by atoms with Crippen LogP contribution in [-0.4, -0.2) is 76.9 Å². The molecule has 2 aromatic rings. The Balaban J connectivity index is 1.53. The molecule has 27 heavy (non-hydrogen) atoms. The van der Waals surface area contributed by atoms with Crippen LogP contribution in [0.15, 0.2) is 35.1 Å². The largest absolute Gasteiger partial charge is 0.390 e. The number of fused-ring (bicyclic) bond motifs is 1. The molecule has 1 N–H and O–H groups in total. The number of β-amino-alcohol motifs (C(OH)–C–C–N with tert-alkyl or cyclic N) is 1. The SMILES string of the molecule is Cc1cc(=O)n(CC(=O)N2C[C@H](O)[C@@H](N3CCOCC3)C2)c2ccccc12. The lowest BCUT2D eigenvalue weighted by molar-refractivity contribution is -0.131. The molecule has 0 aliphatic carbocycles. The second kappa shape index (κ2) is 7.42. The van der Waals surface area contributed by atoms with Crippen LogP contribution in [0.25, 0.3) is 10.9 Å². The van der Waals surface area contributed by atoms with Gasteiger partial charge in [0.25, 0.3) is 5.56 Å². The highest BCUT2D eigenvalue weighted by atomic mass is 16.5. The number of aromatic nitrogens is 1. The molecule has 2 atom stereocenters. The number of hydrogen-bond acceptors (Lipinski definition) is 5. The normalized spacial score (nSPS) is 23.9. The van der Waals surface area contributed by atoms with E-state index in [4.69, 9.17) is 4.74 Å². The first-order chi connectivity index (χ1) is 13.0. The summed E-state index contributed by atoms with van der Waals surface area (Å²) in [5.74, 6) is -0.138. The van der Waals surface area contributed by atoms with Crippen molar-refractivity contribution in [1.29, 1.82) is 0 Å². The average molecular weight is 371 g/mol. The minimum absolute atomic E-state index is 0.0117. The van der Waals surface area contributed by atoms with Crippen LogP contribution < -0.4 is 5.56 Å². The summed E-state index contributed by atoms with van der Waals surface area (Å²) < 4.78 is 6.90. The predicted molar refractivity (Wildman–Crippen MR) is 102 cm³/mol. The van der Waals surface area contributed by atoms with Crippen molar-refractivity contribution in [2.45, 2.75) is 25.6 Å². The van der Waals surface area contributed by atoms with Gasteiger partial charge in [0.2, 0.25) is 5.91 Å². The van der Waals surface area contributed by atoms with E-state index < -0.39 is 6.10 Å². The van der Waals surface area contributed by atoms with Gasteiger partial charge >= 0.3 is 0 Å². The van der Waals surface area contributed by atoms with Crippen molar-refractivity contribution in [3.63, 3.8) is 0 Å². The molecule has 2 fully saturated rings. The molecule has 2 saturated heterocycles. The number of carbonyl (C=O) groups excluding carboxylic acids is 1. The fourth-order valence-electron chi connectivity index (χ4n) is 4.14. The predicted octanol–water partition coefficient (Wildman–Crippen LogP) is 0.214. The fraction of sp³-hybridized carbons (Fsp3) is 0.500. The number of nitrogens with zero attached hydrogens (tertiary/aromatic N) is 3. The highest BCUT2D eigenvalue weighted by Crippen LogP contribution is 2.20. The van der Waals surface area contributed by atoms with Crippen molar-refractivity contribution in [3.8, 4) is 0 Å². The Morgan fingerprint density at radius 3 is 2.74 bits per heavy atom. The highest BCUT2D eigenvalue weighted by molar-refractivity contribution is 5.84. The Hall–Kier alpha value is -2.22. The summed E-state index contributed by atoms with van der Waals surface area (Å²) in [6.45, 7) is 5.53. The molecule has 1 aromatic heterocycles. The van der Waals surface area contributed by atoms with Gasteiger partial charge < -0.3 is 14.7 Å². The summed E-state index contributed by atoms with van der Waals surface area (Å²) >= 11 is 0. The van der Waals surface area contributed by atoms with Gasteiger partial charge in [0.15, 0.2) is 0 Å². The third-order valence-electron chi connectivity index (χ3n) is 5.65. The van der Waals surface area contributed by atoms with Gasteiger partial charge in [-0.2, -0.15) is 0 Å². The molecule has 3 heterocycles. The van der Waals surface area contributed by atoms with Gasteiger partial charge in [0.1, 0.15) is 6.54 Å². The van der Waals surface area contributed by atoms with Crippen molar-refractivity contribution < 1.29 is 14.6 Å². The maximum absolute atomic E-state index is 12.9. The van der Waals surface area contributed by atoms with Crippen LogP contribution in [0, 0.1) is 6.92 Å². The van der Waals surface area contributed by atoms with Crippen molar-refractivity contribution in [1.82, 2.24) is 14.4 Å². The zero-order valence-electron chi connectivity index (χ0n) is 15.5. The van der Waals surface area contributed by atoms with Crippen molar-refractivity contribution in [2.24, 2.45) is 0 Å². The smallest absolute Gasteiger partial charge is 0.251 e. The second-order valence-corrected chi connectivity index (χ2v) is 7.35. The molecule has 2 aliphatic heterocycles. The zero-order valence-corrected chi connectivity index (χ0v) is 15.5. The zero-order chi connectivity index (χ0) is 19.0. The van der Waals surface area contributed by atoms with E-state index in [-0.39, 0.29) is 24.1 Å². The second-order valence-electron chi connectivity index (χ2n) is 7.35. The molecule has 0 saturated carbocycles. The lowest BCUT2D eigenvalue weighted by Gasteiger charge is -2.33. The van der Waals surface area contributed by atoms with E-state index >= 15 is 0 Å². The number of benzene rings is 1. The number of rotatable bonds is 3. The molecule has 144 valence electrons. The minimum atomic E-state index is -0.571. The van der Waals surface area contributed by atoms with E-state index in [2.05, 4.69) is 4.90 Å². The van der Waals surface area contributed by atoms with Crippen LogP contribution >= 0.6 is 0 Å². The molecule has 7 nitrogen and oxygen atoms in total. The van der Waals surface area contributed by atoms with E-state index in [0.29, 0.717) is 26.3 Å². The lowest BCUT2D eigenvalue weighted by Crippen LogP contribution is -2.49. The molecule has 0 bridgehead atoms. The summed E-state index contributed by atoms with van der Waals surface area (Å²) in [5, 5.41) is 11.4. The molecule has 1 amide bonds. The van der Waals surface area contributed by atoms with Crippen LogP contribution in [0.3, 0.4) is 0 Å². The number of amides is 1. The molecule has 1 aromatic carbocycles. The van der Waals surface area contributed by atoms with Gasteiger partial charge in [-0.05, 0) is 18.6 Å². The molecule has 4 rings (SSSR count). The fourth-order valence-corrected chi connectivity index (χ4v) is 4.14. The van der Waals surface area contributed by atoms with Gasteiger partial charge in [-0.25, -0.2) is 0 Å². The van der Waals surface area contributed by atoms with E-state index in [1.54, 1.807) is 11.0 Å². The molecular weight excluding hydrogens is 346 g/mol. The monoisotopic (exact) mass is 371 g/mol. The van der Waals surface area contributed by atoms with Gasteiger partial charge in [0, 0.05) is 37.6 Å². The first-order valence-corrected chi connectivity index (χ1v) is 9.41. The Labute approximate surface area is 157 Å². The van der Waals surface area contributed by atoms with Gasteiger partial charge in [-0.3, -0.25) is 19.1 Å². The van der Waals surface area contributed by atoms with Crippen LogP contribution in [0.1, 0.15) is 5.56 Å². The Morgan fingerprint density at radius 2 is 1.96 bits per heavy atom.